The molecule has 3 aromatic rings. The maximum Gasteiger partial charge on any atom is 0.280 e. The Bertz CT molecular complexity index is 1090. The number of nitrogens with zero attached hydrogens (tertiary/aromatic N) is 3. The van der Waals surface area contributed by atoms with Gasteiger partial charge < -0.3 is 5.32 Å². The number of hydrogen-bond donors (Lipinski definition) is 2. The van der Waals surface area contributed by atoms with Crippen LogP contribution >= 0.6 is 0 Å². The van der Waals surface area contributed by atoms with Gasteiger partial charge in [-0.3, -0.25) is 25.0 Å². The number of nitro benzene ring substituents is 1. The van der Waals surface area contributed by atoms with Crippen molar-refractivity contribution in [2.45, 2.75) is 12.8 Å². The quantitative estimate of drug-likeness (QED) is 0.373. The highest BCUT2D eigenvalue weighted by molar-refractivity contribution is 5.88. The molecule has 1 aliphatic rings. The third-order valence-electron chi connectivity index (χ3n) is 5.35. The van der Waals surface area contributed by atoms with Crippen molar-refractivity contribution < 1.29 is 4.92 Å². The molecule has 1 aromatic heterocycles. The highest BCUT2D eigenvalue weighted by Gasteiger charge is 2.17. The van der Waals surface area contributed by atoms with Gasteiger partial charge in [-0.1, -0.05) is 30.3 Å². The Hall–Kier alpha value is -3.52. The Labute approximate surface area is 173 Å². The molecule has 2 N–H and O–H groups in total. The van der Waals surface area contributed by atoms with Crippen molar-refractivity contribution in [3.05, 3.63) is 80.6 Å². The van der Waals surface area contributed by atoms with Crippen molar-refractivity contribution in [3.63, 3.8) is 0 Å². The van der Waals surface area contributed by atoms with Gasteiger partial charge in [-0.25, -0.2) is 4.68 Å². The zero-order chi connectivity index (χ0) is 20.9. The van der Waals surface area contributed by atoms with Crippen LogP contribution in [0.15, 0.2) is 64.4 Å². The number of rotatable bonds is 6. The van der Waals surface area contributed by atoms with E-state index in [1.165, 1.54) is 16.8 Å². The van der Waals surface area contributed by atoms with Crippen LogP contribution < -0.4 is 10.9 Å². The van der Waals surface area contributed by atoms with E-state index in [0.717, 1.165) is 31.5 Å². The molecule has 30 heavy (non-hydrogen) atoms. The third-order valence-corrected chi connectivity index (χ3v) is 5.35. The standard InChI is InChI=1S/C22H23N5O3/c28-22-20(15-24-14-16-10-12-23-13-11-16)21(17-4-2-1-3-5-17)25-26(22)18-6-8-19(9-7-18)27(29)30/h1-9,15-16,23,25H,10-14H2. The van der Waals surface area contributed by atoms with E-state index in [1.54, 1.807) is 18.3 Å². The van der Waals surface area contributed by atoms with Gasteiger partial charge in [-0.05, 0) is 44.0 Å². The van der Waals surface area contributed by atoms with Crippen LogP contribution in [-0.2, 0) is 0 Å². The van der Waals surface area contributed by atoms with E-state index in [-0.39, 0.29) is 11.2 Å². The van der Waals surface area contributed by atoms with Crippen LogP contribution in [-0.4, -0.2) is 40.6 Å². The van der Waals surface area contributed by atoms with E-state index < -0.39 is 4.92 Å². The first-order chi connectivity index (χ1) is 14.6. The Kier molecular flexibility index (Phi) is 5.85. The van der Waals surface area contributed by atoms with Crippen molar-refractivity contribution in [1.82, 2.24) is 15.1 Å². The monoisotopic (exact) mass is 405 g/mol. The van der Waals surface area contributed by atoms with Crippen molar-refractivity contribution >= 4 is 11.9 Å². The molecule has 0 amide bonds. The molecule has 0 unspecified atom stereocenters. The van der Waals surface area contributed by atoms with Gasteiger partial charge in [0.25, 0.3) is 11.2 Å². The van der Waals surface area contributed by atoms with E-state index >= 15 is 0 Å². The van der Waals surface area contributed by atoms with Gasteiger partial charge in [0.1, 0.15) is 0 Å². The number of nitrogens with one attached hydrogen (secondary N) is 2. The lowest BCUT2D eigenvalue weighted by Crippen LogP contribution is -2.29. The molecular weight excluding hydrogens is 382 g/mol. The SMILES string of the molecule is O=c1c(C=NCC2CCNCC2)c(-c2ccccc2)[nH]n1-c1ccc([N+](=O)[O-])cc1. The molecule has 0 spiro atoms. The predicted molar refractivity (Wildman–Crippen MR) is 117 cm³/mol. The summed E-state index contributed by atoms with van der Waals surface area (Å²) in [7, 11) is 0. The predicted octanol–water partition coefficient (Wildman–Crippen LogP) is 3.16. The first-order valence-corrected chi connectivity index (χ1v) is 9.99. The highest BCUT2D eigenvalue weighted by atomic mass is 16.6. The fourth-order valence-corrected chi connectivity index (χ4v) is 3.66. The van der Waals surface area contributed by atoms with Crippen LogP contribution in [0, 0.1) is 16.0 Å². The second kappa shape index (κ2) is 8.87. The smallest absolute Gasteiger partial charge is 0.280 e. The minimum Gasteiger partial charge on any atom is -0.317 e. The first kappa shape index (κ1) is 19.8. The van der Waals surface area contributed by atoms with Crippen molar-refractivity contribution in [2.24, 2.45) is 10.9 Å². The van der Waals surface area contributed by atoms with Crippen LogP contribution in [0.3, 0.4) is 0 Å². The first-order valence-electron chi connectivity index (χ1n) is 9.99. The van der Waals surface area contributed by atoms with E-state index in [2.05, 4.69) is 15.4 Å². The van der Waals surface area contributed by atoms with E-state index in [0.29, 0.717) is 29.4 Å². The zero-order valence-corrected chi connectivity index (χ0v) is 16.5. The van der Waals surface area contributed by atoms with E-state index in [9.17, 15) is 14.9 Å². The number of aromatic amines is 1. The molecule has 4 rings (SSSR count). The van der Waals surface area contributed by atoms with Crippen molar-refractivity contribution in [3.8, 4) is 16.9 Å². The lowest BCUT2D eigenvalue weighted by molar-refractivity contribution is -0.384. The molecule has 0 radical (unpaired) electrons. The summed E-state index contributed by atoms with van der Waals surface area (Å²) in [4.78, 5) is 28.2. The Balaban J connectivity index is 1.70. The minimum atomic E-state index is -0.463. The number of aromatic nitrogens is 2. The number of non-ortho nitro benzene ring substituents is 1. The summed E-state index contributed by atoms with van der Waals surface area (Å²) in [6.45, 7) is 2.71. The molecule has 154 valence electrons. The molecule has 0 bridgehead atoms. The Morgan fingerprint density at radius 2 is 1.80 bits per heavy atom. The van der Waals surface area contributed by atoms with Gasteiger partial charge in [0.05, 0.1) is 21.9 Å². The lowest BCUT2D eigenvalue weighted by Gasteiger charge is -2.20. The number of nitro groups is 1. The molecule has 2 heterocycles. The summed E-state index contributed by atoms with van der Waals surface area (Å²) in [5, 5.41) is 17.4. The summed E-state index contributed by atoms with van der Waals surface area (Å²) in [5.74, 6) is 0.526. The molecule has 0 atom stereocenters. The second-order valence-electron chi connectivity index (χ2n) is 7.37. The second-order valence-corrected chi connectivity index (χ2v) is 7.37. The largest absolute Gasteiger partial charge is 0.317 e. The van der Waals surface area contributed by atoms with E-state index in [1.807, 2.05) is 30.3 Å². The summed E-state index contributed by atoms with van der Waals surface area (Å²) in [6, 6.07) is 15.5. The number of piperidine rings is 1. The molecule has 2 aromatic carbocycles. The Morgan fingerprint density at radius 3 is 2.47 bits per heavy atom. The number of hydrogen-bond acceptors (Lipinski definition) is 5. The van der Waals surface area contributed by atoms with Gasteiger partial charge in [-0.15, -0.1) is 0 Å². The van der Waals surface area contributed by atoms with Crippen LogP contribution in [0.1, 0.15) is 18.4 Å². The highest BCUT2D eigenvalue weighted by Crippen LogP contribution is 2.21. The number of H-pyrrole nitrogens is 1. The summed E-state index contributed by atoms with van der Waals surface area (Å²) in [5.41, 5.74) is 2.29. The van der Waals surface area contributed by atoms with Gasteiger partial charge in [-0.2, -0.15) is 0 Å². The van der Waals surface area contributed by atoms with Crippen molar-refractivity contribution in [2.75, 3.05) is 19.6 Å². The molecule has 1 aliphatic heterocycles. The van der Waals surface area contributed by atoms with Crippen LogP contribution in [0.4, 0.5) is 5.69 Å². The lowest BCUT2D eigenvalue weighted by atomic mass is 9.98. The molecule has 0 aliphatic carbocycles. The van der Waals surface area contributed by atoms with Gasteiger partial charge >= 0.3 is 0 Å². The molecule has 8 heteroatoms. The van der Waals surface area contributed by atoms with Gasteiger partial charge in [0.2, 0.25) is 0 Å². The van der Waals surface area contributed by atoms with Crippen LogP contribution in [0.25, 0.3) is 16.9 Å². The average molecular weight is 405 g/mol. The molecule has 1 saturated heterocycles. The fraction of sp³-hybridized carbons (Fsp3) is 0.273. The van der Waals surface area contributed by atoms with Crippen LogP contribution in [0.2, 0.25) is 0 Å². The maximum absolute atomic E-state index is 13.2. The molecule has 1 fully saturated rings. The molecule has 0 saturated carbocycles. The molecule has 8 nitrogen and oxygen atoms in total. The zero-order valence-electron chi connectivity index (χ0n) is 16.5. The van der Waals surface area contributed by atoms with E-state index in [4.69, 9.17) is 0 Å². The minimum absolute atomic E-state index is 0.0228. The topological polar surface area (TPSA) is 105 Å². The number of aliphatic imine (C=N–C) groups is 1. The summed E-state index contributed by atoms with van der Waals surface area (Å²) >= 11 is 0. The normalized spacial score (nSPS) is 14.9. The maximum atomic E-state index is 13.2. The van der Waals surface area contributed by atoms with Gasteiger partial charge in [0.15, 0.2) is 0 Å². The van der Waals surface area contributed by atoms with Gasteiger partial charge in [0, 0.05) is 30.5 Å². The average Bonchev–Trinajstić information content (AvgIpc) is 3.11. The summed E-state index contributed by atoms with van der Waals surface area (Å²) < 4.78 is 1.40. The number of benzene rings is 2. The Morgan fingerprint density at radius 1 is 1.10 bits per heavy atom. The third kappa shape index (κ3) is 4.23. The fourth-order valence-electron chi connectivity index (χ4n) is 3.66. The summed E-state index contributed by atoms with van der Waals surface area (Å²) in [6.07, 6.45) is 3.83. The molecular formula is C22H23N5O3. The van der Waals surface area contributed by atoms with Crippen molar-refractivity contribution in [1.29, 1.82) is 0 Å². The van der Waals surface area contributed by atoms with Crippen LogP contribution in [0.5, 0.6) is 0 Å².